The molecule has 3 N–H and O–H groups in total. The minimum Gasteiger partial charge on any atom is -0.372 e. The molecule has 1 heterocycles. The van der Waals surface area contributed by atoms with Crippen LogP contribution in [0.2, 0.25) is 0 Å². The van der Waals surface area contributed by atoms with Gasteiger partial charge in [-0.1, -0.05) is 43.7 Å². The zero-order valence-electron chi connectivity index (χ0n) is 15.6. The number of nitrogens with zero attached hydrogens (tertiary/aromatic N) is 2. The summed E-state index contributed by atoms with van der Waals surface area (Å²) in [7, 11) is 1.80. The Kier molecular flexibility index (Phi) is 6.49. The molecule has 0 saturated heterocycles. The van der Waals surface area contributed by atoms with Gasteiger partial charge < -0.3 is 10.6 Å². The SMILES string of the molecule is CNc1nc(SCC(=O)NC(=O)N[C@H]2CCCC[C@@H]2C)nc2ccccc12. The van der Waals surface area contributed by atoms with Crippen molar-refractivity contribution in [1.29, 1.82) is 0 Å². The summed E-state index contributed by atoms with van der Waals surface area (Å²) in [6.07, 6.45) is 4.40. The van der Waals surface area contributed by atoms with Gasteiger partial charge in [-0.15, -0.1) is 0 Å². The van der Waals surface area contributed by atoms with Gasteiger partial charge in [0.15, 0.2) is 5.16 Å². The van der Waals surface area contributed by atoms with Gasteiger partial charge >= 0.3 is 6.03 Å². The van der Waals surface area contributed by atoms with Crippen molar-refractivity contribution in [3.8, 4) is 0 Å². The molecule has 1 aromatic heterocycles. The molecule has 7 nitrogen and oxygen atoms in total. The molecular formula is C19H25N5O2S. The zero-order chi connectivity index (χ0) is 19.2. The average molecular weight is 388 g/mol. The summed E-state index contributed by atoms with van der Waals surface area (Å²) in [6, 6.07) is 7.40. The normalized spacial score (nSPS) is 19.5. The summed E-state index contributed by atoms with van der Waals surface area (Å²) in [5.74, 6) is 0.881. The number of anilines is 1. The number of para-hydroxylation sites is 1. The summed E-state index contributed by atoms with van der Waals surface area (Å²) in [5.41, 5.74) is 0.809. The van der Waals surface area contributed by atoms with E-state index in [4.69, 9.17) is 0 Å². The third-order valence-electron chi connectivity index (χ3n) is 4.83. The fourth-order valence-electron chi connectivity index (χ4n) is 3.34. The second-order valence-corrected chi connectivity index (χ2v) is 7.74. The standard InChI is InChI=1S/C19H25N5O2S/c1-12-7-3-5-9-14(12)21-18(26)23-16(25)11-27-19-22-15-10-6-4-8-13(15)17(20-2)24-19/h4,6,8,10,12,14H,3,5,7,9,11H2,1-2H3,(H,20,22,24)(H2,21,23,25,26)/t12-,14-/m0/s1. The molecule has 0 unspecified atom stereocenters. The summed E-state index contributed by atoms with van der Waals surface area (Å²) in [4.78, 5) is 33.1. The molecule has 27 heavy (non-hydrogen) atoms. The van der Waals surface area contributed by atoms with Gasteiger partial charge in [0.1, 0.15) is 5.82 Å². The Morgan fingerprint density at radius 1 is 1.19 bits per heavy atom. The highest BCUT2D eigenvalue weighted by Crippen LogP contribution is 2.24. The van der Waals surface area contributed by atoms with E-state index in [1.165, 1.54) is 18.2 Å². The quantitative estimate of drug-likeness (QED) is 0.539. The number of hydrogen-bond acceptors (Lipinski definition) is 6. The van der Waals surface area contributed by atoms with Crippen molar-refractivity contribution in [2.45, 2.75) is 43.8 Å². The van der Waals surface area contributed by atoms with Crippen LogP contribution in [0.25, 0.3) is 10.9 Å². The van der Waals surface area contributed by atoms with Crippen LogP contribution in [0.3, 0.4) is 0 Å². The van der Waals surface area contributed by atoms with Gasteiger partial charge in [0.2, 0.25) is 5.91 Å². The molecule has 1 saturated carbocycles. The van der Waals surface area contributed by atoms with E-state index in [2.05, 4.69) is 32.8 Å². The Morgan fingerprint density at radius 3 is 2.74 bits per heavy atom. The van der Waals surface area contributed by atoms with Crippen LogP contribution in [0.1, 0.15) is 32.6 Å². The number of rotatable bonds is 5. The first-order chi connectivity index (χ1) is 13.1. The fraction of sp³-hybridized carbons (Fsp3) is 0.474. The third-order valence-corrected chi connectivity index (χ3v) is 5.68. The van der Waals surface area contributed by atoms with Gasteiger partial charge in [0.05, 0.1) is 11.3 Å². The first kappa shape index (κ1) is 19.4. The molecular weight excluding hydrogens is 362 g/mol. The molecule has 0 aliphatic heterocycles. The largest absolute Gasteiger partial charge is 0.372 e. The first-order valence-corrected chi connectivity index (χ1v) is 10.2. The van der Waals surface area contributed by atoms with Crippen molar-refractivity contribution in [2.24, 2.45) is 5.92 Å². The van der Waals surface area contributed by atoms with Gasteiger partial charge in [0, 0.05) is 18.5 Å². The number of carbonyl (C=O) groups excluding carboxylic acids is 2. The van der Waals surface area contributed by atoms with Crippen LogP contribution in [0.5, 0.6) is 0 Å². The number of imide groups is 1. The highest BCUT2D eigenvalue weighted by Gasteiger charge is 2.23. The molecule has 2 aromatic rings. The predicted octanol–water partition coefficient (Wildman–Crippen LogP) is 3.17. The fourth-order valence-corrected chi connectivity index (χ4v) is 3.99. The second-order valence-electron chi connectivity index (χ2n) is 6.80. The van der Waals surface area contributed by atoms with Crippen LogP contribution in [0.15, 0.2) is 29.4 Å². The monoisotopic (exact) mass is 387 g/mol. The molecule has 0 spiro atoms. The molecule has 3 amide bonds. The van der Waals surface area contributed by atoms with Crippen molar-refractivity contribution in [1.82, 2.24) is 20.6 Å². The summed E-state index contributed by atoms with van der Waals surface area (Å²) in [5, 5.41) is 9.79. The lowest BCUT2D eigenvalue weighted by atomic mass is 9.86. The first-order valence-electron chi connectivity index (χ1n) is 9.24. The predicted molar refractivity (Wildman–Crippen MR) is 108 cm³/mol. The molecule has 3 rings (SSSR count). The summed E-state index contributed by atoms with van der Waals surface area (Å²) < 4.78 is 0. The Morgan fingerprint density at radius 2 is 1.96 bits per heavy atom. The minimum atomic E-state index is -0.422. The zero-order valence-corrected chi connectivity index (χ0v) is 16.4. The Hall–Kier alpha value is -2.35. The van der Waals surface area contributed by atoms with E-state index in [-0.39, 0.29) is 17.7 Å². The molecule has 1 aliphatic rings. The van der Waals surface area contributed by atoms with Crippen LogP contribution in [-0.4, -0.2) is 40.7 Å². The van der Waals surface area contributed by atoms with Crippen molar-refractivity contribution >= 4 is 40.4 Å². The smallest absolute Gasteiger partial charge is 0.321 e. The van der Waals surface area contributed by atoms with Crippen molar-refractivity contribution in [2.75, 3.05) is 18.1 Å². The number of benzene rings is 1. The molecule has 0 radical (unpaired) electrons. The van der Waals surface area contributed by atoms with Crippen molar-refractivity contribution in [3.05, 3.63) is 24.3 Å². The lowest BCUT2D eigenvalue weighted by molar-refractivity contribution is -0.117. The van der Waals surface area contributed by atoms with Crippen LogP contribution in [0, 0.1) is 5.92 Å². The van der Waals surface area contributed by atoms with Gasteiger partial charge in [0.25, 0.3) is 0 Å². The van der Waals surface area contributed by atoms with E-state index < -0.39 is 6.03 Å². The molecule has 2 atom stereocenters. The molecule has 144 valence electrons. The number of thioether (sulfide) groups is 1. The van der Waals surface area contributed by atoms with Gasteiger partial charge in [-0.05, 0) is 30.9 Å². The van der Waals surface area contributed by atoms with E-state index in [9.17, 15) is 9.59 Å². The van der Waals surface area contributed by atoms with Gasteiger partial charge in [-0.25, -0.2) is 14.8 Å². The lowest BCUT2D eigenvalue weighted by Gasteiger charge is -2.29. The number of nitrogens with one attached hydrogen (secondary N) is 3. The highest BCUT2D eigenvalue weighted by atomic mass is 32.2. The maximum Gasteiger partial charge on any atom is 0.321 e. The van der Waals surface area contributed by atoms with E-state index in [0.29, 0.717) is 16.9 Å². The maximum absolute atomic E-state index is 12.1. The number of hydrogen-bond donors (Lipinski definition) is 3. The minimum absolute atomic E-state index is 0.0785. The van der Waals surface area contributed by atoms with Crippen LogP contribution >= 0.6 is 11.8 Å². The van der Waals surface area contributed by atoms with Crippen molar-refractivity contribution in [3.63, 3.8) is 0 Å². The Labute approximate surface area is 163 Å². The third kappa shape index (κ3) is 5.09. The Balaban J connectivity index is 1.54. The van der Waals surface area contributed by atoms with Crippen LogP contribution < -0.4 is 16.0 Å². The molecule has 1 aromatic carbocycles. The molecule has 1 aliphatic carbocycles. The summed E-state index contributed by atoms with van der Waals surface area (Å²) >= 11 is 1.21. The van der Waals surface area contributed by atoms with Gasteiger partial charge in [-0.3, -0.25) is 10.1 Å². The van der Waals surface area contributed by atoms with E-state index >= 15 is 0 Å². The topological polar surface area (TPSA) is 96.0 Å². The average Bonchev–Trinajstić information content (AvgIpc) is 2.67. The van der Waals surface area contributed by atoms with E-state index in [1.807, 2.05) is 24.3 Å². The number of fused-ring (bicyclic) bond motifs is 1. The summed E-state index contributed by atoms with van der Waals surface area (Å²) in [6.45, 7) is 2.14. The number of carbonyl (C=O) groups is 2. The van der Waals surface area contributed by atoms with E-state index in [0.717, 1.165) is 30.2 Å². The molecule has 0 bridgehead atoms. The van der Waals surface area contributed by atoms with Gasteiger partial charge in [-0.2, -0.15) is 0 Å². The lowest BCUT2D eigenvalue weighted by Crippen LogP contribution is -2.48. The number of urea groups is 1. The Bertz CT molecular complexity index is 829. The number of aromatic nitrogens is 2. The van der Waals surface area contributed by atoms with E-state index in [1.54, 1.807) is 7.05 Å². The molecule has 1 fully saturated rings. The van der Waals surface area contributed by atoms with Crippen LogP contribution in [0.4, 0.5) is 10.6 Å². The van der Waals surface area contributed by atoms with Crippen LogP contribution in [-0.2, 0) is 4.79 Å². The second kappa shape index (κ2) is 9.03. The molecule has 8 heteroatoms. The number of amides is 3. The van der Waals surface area contributed by atoms with Crippen molar-refractivity contribution < 1.29 is 9.59 Å². The highest BCUT2D eigenvalue weighted by molar-refractivity contribution is 7.99. The maximum atomic E-state index is 12.1.